The molecule has 14 heavy (non-hydrogen) atoms. The van der Waals surface area contributed by atoms with Crippen LogP contribution in [0.4, 0.5) is 0 Å². The molecule has 0 aromatic carbocycles. The lowest BCUT2D eigenvalue weighted by Crippen LogP contribution is -2.45. The van der Waals surface area contributed by atoms with Crippen LogP contribution in [0.1, 0.15) is 6.92 Å². The van der Waals surface area contributed by atoms with Gasteiger partial charge in [-0.25, -0.2) is 0 Å². The van der Waals surface area contributed by atoms with Crippen LogP contribution in [-0.2, 0) is 19.1 Å². The Morgan fingerprint density at radius 1 is 1.50 bits per heavy atom. The average molecular weight is 204 g/mol. The van der Waals surface area contributed by atoms with E-state index in [4.69, 9.17) is 5.73 Å². The second kappa shape index (κ2) is 7.28. The minimum absolute atomic E-state index is 0.0508. The predicted molar refractivity (Wildman–Crippen MR) is 49.5 cm³/mol. The molecule has 1 atom stereocenters. The summed E-state index contributed by atoms with van der Waals surface area (Å²) in [7, 11) is 1.26. The number of carbonyl (C=O) groups is 2. The maximum Gasteiger partial charge on any atom is 0.324 e. The molecule has 6 nitrogen and oxygen atoms in total. The van der Waals surface area contributed by atoms with Crippen LogP contribution in [0, 0.1) is 0 Å². The summed E-state index contributed by atoms with van der Waals surface area (Å²) in [5.74, 6) is -0.911. The van der Waals surface area contributed by atoms with E-state index in [2.05, 4.69) is 14.8 Å². The zero-order valence-corrected chi connectivity index (χ0v) is 8.41. The van der Waals surface area contributed by atoms with Crippen LogP contribution in [0.5, 0.6) is 0 Å². The molecule has 0 aromatic heterocycles. The summed E-state index contributed by atoms with van der Waals surface area (Å²) >= 11 is 0. The number of nitrogens with one attached hydrogen (secondary N) is 1. The summed E-state index contributed by atoms with van der Waals surface area (Å²) in [5, 5.41) is 2.63. The number of rotatable bonds is 6. The molecular weight excluding hydrogens is 188 g/mol. The van der Waals surface area contributed by atoms with Crippen molar-refractivity contribution in [2.75, 3.05) is 26.8 Å². The van der Waals surface area contributed by atoms with E-state index < -0.39 is 18.0 Å². The predicted octanol–water partition coefficient (Wildman–Crippen LogP) is -1.36. The van der Waals surface area contributed by atoms with Gasteiger partial charge in [-0.05, 0) is 6.92 Å². The van der Waals surface area contributed by atoms with Gasteiger partial charge in [0.1, 0.15) is 6.04 Å². The van der Waals surface area contributed by atoms with Crippen LogP contribution in [-0.4, -0.2) is 44.8 Å². The van der Waals surface area contributed by atoms with Crippen molar-refractivity contribution in [2.24, 2.45) is 5.73 Å². The minimum atomic E-state index is -0.663. The third-order valence-corrected chi connectivity index (χ3v) is 1.52. The maximum absolute atomic E-state index is 11.0. The smallest absolute Gasteiger partial charge is 0.324 e. The van der Waals surface area contributed by atoms with Crippen molar-refractivity contribution in [1.82, 2.24) is 5.32 Å². The highest BCUT2D eigenvalue weighted by Crippen LogP contribution is 1.85. The molecule has 82 valence electrons. The van der Waals surface area contributed by atoms with Gasteiger partial charge in [0.15, 0.2) is 0 Å². The zero-order chi connectivity index (χ0) is 11.0. The second-order valence-electron chi connectivity index (χ2n) is 2.50. The first-order chi connectivity index (χ1) is 6.65. The Balaban J connectivity index is 3.83. The molecule has 0 radical (unpaired) electrons. The van der Waals surface area contributed by atoms with Gasteiger partial charge in [-0.2, -0.15) is 0 Å². The number of esters is 2. The molecule has 0 amide bonds. The summed E-state index contributed by atoms with van der Waals surface area (Å²) in [5.41, 5.74) is 5.29. The van der Waals surface area contributed by atoms with Crippen LogP contribution < -0.4 is 11.1 Å². The van der Waals surface area contributed by atoms with Gasteiger partial charge in [0, 0.05) is 6.54 Å². The normalized spacial score (nSPS) is 11.9. The van der Waals surface area contributed by atoms with Gasteiger partial charge in [0.05, 0.1) is 20.3 Å². The zero-order valence-electron chi connectivity index (χ0n) is 8.41. The number of hydrogen-bond acceptors (Lipinski definition) is 6. The molecule has 0 aliphatic rings. The Labute approximate surface area is 82.7 Å². The highest BCUT2D eigenvalue weighted by atomic mass is 16.5. The molecule has 0 aliphatic heterocycles. The van der Waals surface area contributed by atoms with E-state index in [1.807, 2.05) is 0 Å². The van der Waals surface area contributed by atoms with Crippen molar-refractivity contribution in [3.05, 3.63) is 0 Å². The average Bonchev–Trinajstić information content (AvgIpc) is 2.18. The quantitative estimate of drug-likeness (QED) is 0.519. The third-order valence-electron chi connectivity index (χ3n) is 1.52. The fourth-order valence-corrected chi connectivity index (χ4v) is 0.824. The van der Waals surface area contributed by atoms with Gasteiger partial charge in [-0.3, -0.25) is 14.9 Å². The number of hydrogen-bond donors (Lipinski definition) is 2. The van der Waals surface area contributed by atoms with Crippen molar-refractivity contribution >= 4 is 11.9 Å². The lowest BCUT2D eigenvalue weighted by Gasteiger charge is -2.13. The van der Waals surface area contributed by atoms with Crippen molar-refractivity contribution < 1.29 is 19.1 Å². The van der Waals surface area contributed by atoms with E-state index in [-0.39, 0.29) is 13.1 Å². The van der Waals surface area contributed by atoms with E-state index in [9.17, 15) is 9.59 Å². The van der Waals surface area contributed by atoms with Crippen molar-refractivity contribution in [2.45, 2.75) is 13.0 Å². The van der Waals surface area contributed by atoms with Gasteiger partial charge in [0.25, 0.3) is 0 Å². The van der Waals surface area contributed by atoms with Crippen molar-refractivity contribution in [3.63, 3.8) is 0 Å². The Kier molecular flexibility index (Phi) is 6.69. The number of nitrogens with two attached hydrogens (primary N) is 1. The van der Waals surface area contributed by atoms with Crippen LogP contribution in [0.15, 0.2) is 0 Å². The summed E-state index contributed by atoms with van der Waals surface area (Å²) in [6.07, 6.45) is 0. The van der Waals surface area contributed by atoms with Crippen molar-refractivity contribution in [3.8, 4) is 0 Å². The third kappa shape index (κ3) is 4.78. The first-order valence-corrected chi connectivity index (χ1v) is 4.32. The Morgan fingerprint density at radius 3 is 2.57 bits per heavy atom. The van der Waals surface area contributed by atoms with Crippen molar-refractivity contribution in [1.29, 1.82) is 0 Å². The molecule has 3 N–H and O–H groups in total. The van der Waals surface area contributed by atoms with Gasteiger partial charge < -0.3 is 15.2 Å². The maximum atomic E-state index is 11.0. The van der Waals surface area contributed by atoms with E-state index >= 15 is 0 Å². The van der Waals surface area contributed by atoms with Crippen LogP contribution in [0.2, 0.25) is 0 Å². The molecule has 0 aromatic rings. The molecule has 0 saturated carbocycles. The van der Waals surface area contributed by atoms with E-state index in [0.29, 0.717) is 6.61 Å². The first kappa shape index (κ1) is 12.9. The number of ether oxygens (including phenoxy) is 2. The summed E-state index contributed by atoms with van der Waals surface area (Å²) < 4.78 is 9.12. The molecule has 0 heterocycles. The lowest BCUT2D eigenvalue weighted by atomic mass is 10.3. The van der Waals surface area contributed by atoms with E-state index in [1.165, 1.54) is 7.11 Å². The lowest BCUT2D eigenvalue weighted by molar-refractivity contribution is -0.144. The minimum Gasteiger partial charge on any atom is -0.468 e. The standard InChI is InChI=1S/C8H16N2O4/c1-3-14-7(11)5-10-6(4-9)8(12)13-2/h6,10H,3-5,9H2,1-2H3/t6-/m1/s1. The van der Waals surface area contributed by atoms with Gasteiger partial charge in [0.2, 0.25) is 0 Å². The molecule has 0 fully saturated rings. The summed E-state index contributed by atoms with van der Waals surface area (Å²) in [4.78, 5) is 21.9. The first-order valence-electron chi connectivity index (χ1n) is 4.32. The fraction of sp³-hybridized carbons (Fsp3) is 0.750. The van der Waals surface area contributed by atoms with Crippen LogP contribution in [0.3, 0.4) is 0 Å². The molecule has 0 rings (SSSR count). The summed E-state index contributed by atoms with van der Waals surface area (Å²) in [6.45, 7) is 2.04. The van der Waals surface area contributed by atoms with Gasteiger partial charge in [-0.1, -0.05) is 0 Å². The van der Waals surface area contributed by atoms with Gasteiger partial charge in [-0.15, -0.1) is 0 Å². The largest absolute Gasteiger partial charge is 0.468 e. The Bertz CT molecular complexity index is 196. The SMILES string of the molecule is CCOC(=O)CN[C@H](CN)C(=O)OC. The fourth-order valence-electron chi connectivity index (χ4n) is 0.824. The van der Waals surface area contributed by atoms with Gasteiger partial charge >= 0.3 is 11.9 Å². The molecule has 0 unspecified atom stereocenters. The molecule has 0 bridgehead atoms. The Hall–Kier alpha value is -1.14. The monoisotopic (exact) mass is 204 g/mol. The van der Waals surface area contributed by atoms with Crippen LogP contribution in [0.25, 0.3) is 0 Å². The topological polar surface area (TPSA) is 90.6 Å². The molecule has 0 saturated heterocycles. The number of carbonyl (C=O) groups excluding carboxylic acids is 2. The van der Waals surface area contributed by atoms with E-state index in [0.717, 1.165) is 0 Å². The highest BCUT2D eigenvalue weighted by Gasteiger charge is 2.17. The highest BCUT2D eigenvalue weighted by molar-refractivity contribution is 5.77. The molecular formula is C8H16N2O4. The van der Waals surface area contributed by atoms with Crippen LogP contribution >= 0.6 is 0 Å². The number of methoxy groups -OCH3 is 1. The molecule has 0 spiro atoms. The molecule has 0 aliphatic carbocycles. The second-order valence-corrected chi connectivity index (χ2v) is 2.50. The summed E-state index contributed by atoms with van der Waals surface area (Å²) in [6, 6.07) is -0.663. The molecule has 6 heteroatoms. The Morgan fingerprint density at radius 2 is 2.14 bits per heavy atom. The van der Waals surface area contributed by atoms with E-state index in [1.54, 1.807) is 6.92 Å².